The van der Waals surface area contributed by atoms with Gasteiger partial charge in [0.25, 0.3) is 0 Å². The summed E-state index contributed by atoms with van der Waals surface area (Å²) in [6.07, 6.45) is 0. The molecule has 3 nitrogen and oxygen atoms in total. The number of aromatic nitrogens is 2. The Bertz CT molecular complexity index is 671. The summed E-state index contributed by atoms with van der Waals surface area (Å²) in [6.45, 7) is 0. The molecule has 2 aromatic carbocycles. The average molecular weight is 227 g/mol. The quantitative estimate of drug-likeness (QED) is 0.649. The van der Waals surface area contributed by atoms with Gasteiger partial charge in [-0.1, -0.05) is 18.2 Å². The number of hydrogen-bond acceptors (Lipinski definition) is 2. The molecule has 2 N–H and O–H groups in total. The highest BCUT2D eigenvalue weighted by molar-refractivity contribution is 5.93. The molecule has 3 rings (SSSR count). The van der Waals surface area contributed by atoms with Crippen molar-refractivity contribution in [1.29, 1.82) is 0 Å². The second kappa shape index (κ2) is 3.59. The minimum Gasteiger partial charge on any atom is -0.323 e. The molecule has 1 heterocycles. The van der Waals surface area contributed by atoms with Gasteiger partial charge in [-0.05, 0) is 30.3 Å². The fourth-order valence-corrected chi connectivity index (χ4v) is 1.91. The first-order chi connectivity index (χ1) is 8.25. The standard InChI is InChI=1S/C13H10FN3/c14-10-7-5-9(6-8-10)13-11-3-1-2-4-12(11)17(15)16-13/h1-8H,15H2. The summed E-state index contributed by atoms with van der Waals surface area (Å²) in [5.74, 6) is 5.52. The summed E-state index contributed by atoms with van der Waals surface area (Å²) in [5.41, 5.74) is 2.47. The van der Waals surface area contributed by atoms with Crippen molar-refractivity contribution in [2.24, 2.45) is 0 Å². The molecule has 0 aliphatic rings. The third-order valence-electron chi connectivity index (χ3n) is 2.73. The van der Waals surface area contributed by atoms with Crippen LogP contribution < -0.4 is 5.84 Å². The van der Waals surface area contributed by atoms with E-state index in [9.17, 15) is 4.39 Å². The molecule has 0 aliphatic heterocycles. The number of nitrogen functional groups attached to an aromatic ring is 1. The fourth-order valence-electron chi connectivity index (χ4n) is 1.91. The Morgan fingerprint density at radius 2 is 1.71 bits per heavy atom. The Hall–Kier alpha value is -2.36. The SMILES string of the molecule is Nn1nc(-c2ccc(F)cc2)c2ccccc21. The van der Waals surface area contributed by atoms with E-state index in [4.69, 9.17) is 5.84 Å². The van der Waals surface area contributed by atoms with Crippen molar-refractivity contribution in [2.45, 2.75) is 0 Å². The normalized spacial score (nSPS) is 10.9. The first-order valence-electron chi connectivity index (χ1n) is 5.24. The zero-order chi connectivity index (χ0) is 11.8. The first kappa shape index (κ1) is 9.84. The van der Waals surface area contributed by atoms with E-state index in [1.807, 2.05) is 24.3 Å². The van der Waals surface area contributed by atoms with E-state index >= 15 is 0 Å². The number of para-hydroxylation sites is 1. The van der Waals surface area contributed by atoms with Gasteiger partial charge in [-0.3, -0.25) is 0 Å². The van der Waals surface area contributed by atoms with Gasteiger partial charge in [0, 0.05) is 10.9 Å². The van der Waals surface area contributed by atoms with Crippen molar-refractivity contribution in [3.8, 4) is 11.3 Å². The van der Waals surface area contributed by atoms with E-state index in [0.717, 1.165) is 22.2 Å². The van der Waals surface area contributed by atoms with Crippen LogP contribution in [0.1, 0.15) is 0 Å². The maximum absolute atomic E-state index is 12.9. The number of nitrogens with zero attached hydrogens (tertiary/aromatic N) is 2. The van der Waals surface area contributed by atoms with Gasteiger partial charge in [0.1, 0.15) is 11.5 Å². The summed E-state index contributed by atoms with van der Waals surface area (Å²) in [4.78, 5) is 1.34. The van der Waals surface area contributed by atoms with Gasteiger partial charge < -0.3 is 5.84 Å². The largest absolute Gasteiger partial charge is 0.323 e. The molecule has 0 saturated heterocycles. The first-order valence-corrected chi connectivity index (χ1v) is 5.24. The number of fused-ring (bicyclic) bond motifs is 1. The van der Waals surface area contributed by atoms with Gasteiger partial charge in [-0.15, -0.1) is 0 Å². The van der Waals surface area contributed by atoms with Gasteiger partial charge in [0.2, 0.25) is 0 Å². The monoisotopic (exact) mass is 227 g/mol. The molecule has 0 amide bonds. The van der Waals surface area contributed by atoms with E-state index in [-0.39, 0.29) is 5.82 Å². The molecule has 17 heavy (non-hydrogen) atoms. The minimum absolute atomic E-state index is 0.259. The van der Waals surface area contributed by atoms with Crippen LogP contribution in [0, 0.1) is 5.82 Å². The summed E-state index contributed by atoms with van der Waals surface area (Å²) in [7, 11) is 0. The minimum atomic E-state index is -0.259. The molecule has 1 aromatic heterocycles. The maximum Gasteiger partial charge on any atom is 0.123 e. The third-order valence-corrected chi connectivity index (χ3v) is 2.73. The average Bonchev–Trinajstić information content (AvgIpc) is 2.69. The molecule has 84 valence electrons. The van der Waals surface area contributed by atoms with Crippen LogP contribution in [0.3, 0.4) is 0 Å². The smallest absolute Gasteiger partial charge is 0.123 e. The van der Waals surface area contributed by atoms with Crippen molar-refractivity contribution < 1.29 is 4.39 Å². The van der Waals surface area contributed by atoms with Crippen molar-refractivity contribution in [2.75, 3.05) is 5.84 Å². The van der Waals surface area contributed by atoms with Gasteiger partial charge in [0.15, 0.2) is 0 Å². The molecule has 0 saturated carbocycles. The Morgan fingerprint density at radius 1 is 1.00 bits per heavy atom. The van der Waals surface area contributed by atoms with Gasteiger partial charge in [0.05, 0.1) is 5.52 Å². The van der Waals surface area contributed by atoms with E-state index < -0.39 is 0 Å². The van der Waals surface area contributed by atoms with Gasteiger partial charge in [-0.2, -0.15) is 9.89 Å². The summed E-state index contributed by atoms with van der Waals surface area (Å²) in [5, 5.41) is 5.22. The van der Waals surface area contributed by atoms with Crippen molar-refractivity contribution in [1.82, 2.24) is 9.89 Å². The molecule has 4 heteroatoms. The van der Waals surface area contributed by atoms with Crippen LogP contribution in [-0.2, 0) is 0 Å². The zero-order valence-corrected chi connectivity index (χ0v) is 8.97. The second-order valence-corrected chi connectivity index (χ2v) is 3.82. The van der Waals surface area contributed by atoms with Crippen LogP contribution in [0.4, 0.5) is 4.39 Å². The topological polar surface area (TPSA) is 43.8 Å². The lowest BCUT2D eigenvalue weighted by Gasteiger charge is -1.96. The predicted octanol–water partition coefficient (Wildman–Crippen LogP) is 2.56. The predicted molar refractivity (Wildman–Crippen MR) is 65.3 cm³/mol. The molecule has 0 atom stereocenters. The zero-order valence-electron chi connectivity index (χ0n) is 8.97. The summed E-state index contributed by atoms with van der Waals surface area (Å²) in [6, 6.07) is 13.9. The van der Waals surface area contributed by atoms with E-state index in [1.54, 1.807) is 12.1 Å². The van der Waals surface area contributed by atoms with Crippen molar-refractivity contribution >= 4 is 10.9 Å². The Morgan fingerprint density at radius 3 is 2.47 bits per heavy atom. The number of halogens is 1. The van der Waals surface area contributed by atoms with Crippen molar-refractivity contribution in [3.05, 3.63) is 54.3 Å². The van der Waals surface area contributed by atoms with E-state index in [1.165, 1.54) is 16.9 Å². The molecule has 0 unspecified atom stereocenters. The van der Waals surface area contributed by atoms with E-state index in [2.05, 4.69) is 5.10 Å². The Labute approximate surface area is 97.3 Å². The lowest BCUT2D eigenvalue weighted by Crippen LogP contribution is -2.09. The van der Waals surface area contributed by atoms with Gasteiger partial charge in [-0.25, -0.2) is 4.39 Å². The van der Waals surface area contributed by atoms with Crippen LogP contribution in [0.25, 0.3) is 22.2 Å². The number of hydrogen-bond donors (Lipinski definition) is 1. The lowest BCUT2D eigenvalue weighted by atomic mass is 10.1. The van der Waals surface area contributed by atoms with Crippen molar-refractivity contribution in [3.63, 3.8) is 0 Å². The molecular weight excluding hydrogens is 217 g/mol. The Balaban J connectivity index is 2.27. The van der Waals surface area contributed by atoms with Gasteiger partial charge >= 0.3 is 0 Å². The van der Waals surface area contributed by atoms with Crippen LogP contribution in [-0.4, -0.2) is 9.89 Å². The highest BCUT2D eigenvalue weighted by atomic mass is 19.1. The fraction of sp³-hybridized carbons (Fsp3) is 0. The number of nitrogens with two attached hydrogens (primary N) is 1. The molecule has 0 spiro atoms. The maximum atomic E-state index is 12.9. The van der Waals surface area contributed by atoms with E-state index in [0.29, 0.717) is 0 Å². The lowest BCUT2D eigenvalue weighted by molar-refractivity contribution is 0.628. The third kappa shape index (κ3) is 1.54. The van der Waals surface area contributed by atoms with Crippen LogP contribution >= 0.6 is 0 Å². The number of benzene rings is 2. The highest BCUT2D eigenvalue weighted by Gasteiger charge is 2.10. The van der Waals surface area contributed by atoms with Crippen LogP contribution in [0.2, 0.25) is 0 Å². The van der Waals surface area contributed by atoms with Crippen LogP contribution in [0.5, 0.6) is 0 Å². The molecule has 0 radical (unpaired) electrons. The highest BCUT2D eigenvalue weighted by Crippen LogP contribution is 2.26. The Kier molecular flexibility index (Phi) is 2.08. The summed E-state index contributed by atoms with van der Waals surface area (Å²) < 4.78 is 12.9. The molecule has 0 aliphatic carbocycles. The number of rotatable bonds is 1. The summed E-state index contributed by atoms with van der Waals surface area (Å²) >= 11 is 0. The molecule has 3 aromatic rings. The van der Waals surface area contributed by atoms with Crippen LogP contribution in [0.15, 0.2) is 48.5 Å². The molecule has 0 bridgehead atoms. The molecule has 0 fully saturated rings. The molecular formula is C13H10FN3. The second-order valence-electron chi connectivity index (χ2n) is 3.82.